The summed E-state index contributed by atoms with van der Waals surface area (Å²) in [6, 6.07) is 7.03. The SMILES string of the molecule is CCn1c(C2CCN(C(=O)c3cccc(Cl)c3)CC2)nn(CCOC)c1=O. The van der Waals surface area contributed by atoms with E-state index in [2.05, 4.69) is 5.10 Å². The van der Waals surface area contributed by atoms with Crippen LogP contribution in [0.2, 0.25) is 5.02 Å². The Morgan fingerprint density at radius 2 is 2.07 bits per heavy atom. The van der Waals surface area contributed by atoms with Crippen LogP contribution in [0.1, 0.15) is 41.9 Å². The summed E-state index contributed by atoms with van der Waals surface area (Å²) in [5.41, 5.74) is 0.511. The molecule has 0 atom stereocenters. The molecule has 0 spiro atoms. The van der Waals surface area contributed by atoms with Gasteiger partial charge in [-0.05, 0) is 38.0 Å². The summed E-state index contributed by atoms with van der Waals surface area (Å²) in [4.78, 5) is 27.0. The normalized spacial score (nSPS) is 15.3. The number of amides is 1. The van der Waals surface area contributed by atoms with Crippen LogP contribution in [0, 0.1) is 0 Å². The molecule has 0 unspecified atom stereocenters. The van der Waals surface area contributed by atoms with Gasteiger partial charge in [0.05, 0.1) is 13.2 Å². The molecule has 8 heteroatoms. The zero-order valence-corrected chi connectivity index (χ0v) is 16.5. The van der Waals surface area contributed by atoms with Gasteiger partial charge in [0.25, 0.3) is 5.91 Å². The minimum absolute atomic E-state index is 0.00513. The molecule has 2 aromatic rings. The van der Waals surface area contributed by atoms with Crippen molar-refractivity contribution in [2.75, 3.05) is 26.8 Å². The molecule has 1 fully saturated rings. The van der Waals surface area contributed by atoms with Gasteiger partial charge in [-0.2, -0.15) is 5.10 Å². The van der Waals surface area contributed by atoms with Crippen molar-refractivity contribution in [1.29, 1.82) is 0 Å². The molecular formula is C19H25ClN4O3. The summed E-state index contributed by atoms with van der Waals surface area (Å²) in [5, 5.41) is 5.11. The van der Waals surface area contributed by atoms with Gasteiger partial charge in [0.1, 0.15) is 5.82 Å². The monoisotopic (exact) mass is 392 g/mol. The number of halogens is 1. The number of ether oxygens (including phenoxy) is 1. The largest absolute Gasteiger partial charge is 0.383 e. The molecule has 7 nitrogen and oxygen atoms in total. The van der Waals surface area contributed by atoms with Crippen LogP contribution in [-0.4, -0.2) is 52.0 Å². The minimum atomic E-state index is -0.0954. The van der Waals surface area contributed by atoms with Gasteiger partial charge in [0.2, 0.25) is 0 Å². The van der Waals surface area contributed by atoms with Crippen molar-refractivity contribution >= 4 is 17.5 Å². The fraction of sp³-hybridized carbons (Fsp3) is 0.526. The lowest BCUT2D eigenvalue weighted by Crippen LogP contribution is -2.38. The number of piperidine rings is 1. The molecule has 0 N–H and O–H groups in total. The Kier molecular flexibility index (Phi) is 6.34. The first-order valence-electron chi connectivity index (χ1n) is 9.26. The Morgan fingerprint density at radius 1 is 1.33 bits per heavy atom. The molecule has 3 rings (SSSR count). The lowest BCUT2D eigenvalue weighted by molar-refractivity contribution is 0.0710. The molecule has 1 saturated heterocycles. The number of rotatable bonds is 6. The Labute approximate surface area is 163 Å². The van der Waals surface area contributed by atoms with Crippen LogP contribution < -0.4 is 5.69 Å². The van der Waals surface area contributed by atoms with Gasteiger partial charge in [-0.1, -0.05) is 17.7 Å². The topological polar surface area (TPSA) is 69.4 Å². The van der Waals surface area contributed by atoms with Crippen molar-refractivity contribution in [2.24, 2.45) is 0 Å². The van der Waals surface area contributed by atoms with Crippen molar-refractivity contribution in [3.05, 3.63) is 51.2 Å². The summed E-state index contributed by atoms with van der Waals surface area (Å²) in [6.07, 6.45) is 1.57. The van der Waals surface area contributed by atoms with Crippen LogP contribution in [0.15, 0.2) is 29.1 Å². The first kappa shape index (κ1) is 19.6. The third-order valence-corrected chi connectivity index (χ3v) is 5.23. The maximum absolute atomic E-state index is 12.7. The van der Waals surface area contributed by atoms with Gasteiger partial charge < -0.3 is 9.64 Å². The molecule has 1 aliphatic heterocycles. The highest BCUT2D eigenvalue weighted by atomic mass is 35.5. The molecule has 1 aliphatic rings. The number of likely N-dealkylation sites (tertiary alicyclic amines) is 1. The van der Waals surface area contributed by atoms with Crippen LogP contribution in [0.4, 0.5) is 0 Å². The Balaban J connectivity index is 1.70. The van der Waals surface area contributed by atoms with Gasteiger partial charge in [0.15, 0.2) is 0 Å². The summed E-state index contributed by atoms with van der Waals surface area (Å²) in [5.74, 6) is 0.979. The Morgan fingerprint density at radius 3 is 2.70 bits per heavy atom. The summed E-state index contributed by atoms with van der Waals surface area (Å²) in [6.45, 7) is 4.71. The zero-order valence-electron chi connectivity index (χ0n) is 15.7. The second-order valence-corrected chi connectivity index (χ2v) is 7.11. The maximum atomic E-state index is 12.7. The molecule has 0 saturated carbocycles. The number of carbonyl (C=O) groups excluding carboxylic acids is 1. The Hall–Kier alpha value is -2.12. The number of benzene rings is 1. The third kappa shape index (κ3) is 4.25. The fourth-order valence-electron chi connectivity index (χ4n) is 3.53. The number of hydrogen-bond donors (Lipinski definition) is 0. The first-order valence-corrected chi connectivity index (χ1v) is 9.64. The van der Waals surface area contributed by atoms with E-state index in [1.807, 2.05) is 11.8 Å². The zero-order chi connectivity index (χ0) is 19.4. The summed E-state index contributed by atoms with van der Waals surface area (Å²) >= 11 is 6.00. The summed E-state index contributed by atoms with van der Waals surface area (Å²) < 4.78 is 8.27. The second kappa shape index (κ2) is 8.71. The smallest absolute Gasteiger partial charge is 0.345 e. The fourth-order valence-corrected chi connectivity index (χ4v) is 3.72. The molecule has 2 heterocycles. The number of hydrogen-bond acceptors (Lipinski definition) is 4. The molecule has 1 amide bonds. The molecule has 146 valence electrons. The van der Waals surface area contributed by atoms with Crippen molar-refractivity contribution in [2.45, 2.75) is 38.8 Å². The maximum Gasteiger partial charge on any atom is 0.345 e. The predicted octanol–water partition coefficient (Wildman–Crippen LogP) is 2.38. The van der Waals surface area contributed by atoms with Crippen molar-refractivity contribution in [3.8, 4) is 0 Å². The minimum Gasteiger partial charge on any atom is -0.383 e. The molecular weight excluding hydrogens is 368 g/mol. The van der Waals surface area contributed by atoms with Crippen molar-refractivity contribution in [3.63, 3.8) is 0 Å². The second-order valence-electron chi connectivity index (χ2n) is 6.68. The predicted molar refractivity (Wildman–Crippen MR) is 103 cm³/mol. The van der Waals surface area contributed by atoms with Gasteiger partial charge >= 0.3 is 5.69 Å². The van der Waals surface area contributed by atoms with E-state index in [1.165, 1.54) is 4.68 Å². The van der Waals surface area contributed by atoms with E-state index in [0.29, 0.717) is 43.4 Å². The number of methoxy groups -OCH3 is 1. The van der Waals surface area contributed by atoms with Gasteiger partial charge in [-0.15, -0.1) is 0 Å². The van der Waals surface area contributed by atoms with Crippen LogP contribution >= 0.6 is 11.6 Å². The molecule has 0 radical (unpaired) electrons. The van der Waals surface area contributed by atoms with Crippen molar-refractivity contribution in [1.82, 2.24) is 19.2 Å². The number of nitrogens with zero attached hydrogens (tertiary/aromatic N) is 4. The van der Waals surface area contributed by atoms with Crippen LogP contribution in [-0.2, 0) is 17.8 Å². The van der Waals surface area contributed by atoms with E-state index in [4.69, 9.17) is 16.3 Å². The van der Waals surface area contributed by atoms with Gasteiger partial charge in [0, 0.05) is 43.2 Å². The van der Waals surface area contributed by atoms with E-state index < -0.39 is 0 Å². The molecule has 0 aliphatic carbocycles. The quantitative estimate of drug-likeness (QED) is 0.756. The first-order chi connectivity index (χ1) is 13.0. The van der Waals surface area contributed by atoms with E-state index >= 15 is 0 Å². The van der Waals surface area contributed by atoms with Crippen LogP contribution in [0.3, 0.4) is 0 Å². The number of aromatic nitrogens is 3. The van der Waals surface area contributed by atoms with Crippen LogP contribution in [0.5, 0.6) is 0 Å². The van der Waals surface area contributed by atoms with E-state index in [1.54, 1.807) is 35.9 Å². The molecule has 1 aromatic carbocycles. The van der Waals surface area contributed by atoms with Gasteiger partial charge in [-0.25, -0.2) is 9.48 Å². The molecule has 27 heavy (non-hydrogen) atoms. The van der Waals surface area contributed by atoms with E-state index in [9.17, 15) is 9.59 Å². The van der Waals surface area contributed by atoms with Gasteiger partial charge in [-0.3, -0.25) is 9.36 Å². The lowest BCUT2D eigenvalue weighted by atomic mass is 9.95. The average molecular weight is 393 g/mol. The summed E-state index contributed by atoms with van der Waals surface area (Å²) in [7, 11) is 1.61. The highest BCUT2D eigenvalue weighted by Gasteiger charge is 2.28. The third-order valence-electron chi connectivity index (χ3n) is 4.99. The Bertz CT molecular complexity index is 853. The van der Waals surface area contributed by atoms with E-state index in [-0.39, 0.29) is 17.5 Å². The molecule has 1 aromatic heterocycles. The van der Waals surface area contributed by atoms with Crippen molar-refractivity contribution < 1.29 is 9.53 Å². The highest BCUT2D eigenvalue weighted by molar-refractivity contribution is 6.30. The average Bonchev–Trinajstić information content (AvgIpc) is 3.01. The van der Waals surface area contributed by atoms with E-state index in [0.717, 1.165) is 18.7 Å². The number of carbonyl (C=O) groups is 1. The molecule has 0 bridgehead atoms. The standard InChI is InChI=1S/C19H25ClN4O3/c1-3-23-17(21-24(19(23)26)11-12-27-2)14-7-9-22(10-8-14)18(25)15-5-4-6-16(20)13-15/h4-6,13-14H,3,7-12H2,1-2H3. The highest BCUT2D eigenvalue weighted by Crippen LogP contribution is 2.27. The lowest BCUT2D eigenvalue weighted by Gasteiger charge is -2.31. The van der Waals surface area contributed by atoms with Crippen LogP contribution in [0.25, 0.3) is 0 Å².